The molecule has 0 radical (unpaired) electrons. The van der Waals surface area contributed by atoms with Gasteiger partial charge in [0.2, 0.25) is 0 Å². The van der Waals surface area contributed by atoms with E-state index >= 15 is 0 Å². The molecule has 3 rings (SSSR count). The minimum absolute atomic E-state index is 0.102. The lowest BCUT2D eigenvalue weighted by molar-refractivity contribution is 0.0953. The molecule has 0 unspecified atom stereocenters. The van der Waals surface area contributed by atoms with E-state index in [2.05, 4.69) is 17.4 Å². The van der Waals surface area contributed by atoms with Gasteiger partial charge < -0.3 is 5.32 Å². The number of carbonyl (C=O) groups is 1. The summed E-state index contributed by atoms with van der Waals surface area (Å²) >= 11 is 1.76. The summed E-state index contributed by atoms with van der Waals surface area (Å²) < 4.78 is 0. The van der Waals surface area contributed by atoms with Crippen LogP contribution in [-0.2, 0) is 19.3 Å². The Labute approximate surface area is 130 Å². The average Bonchev–Trinajstić information content (AvgIpc) is 2.77. The molecule has 0 atom stereocenters. The van der Waals surface area contributed by atoms with Crippen LogP contribution in [0.2, 0.25) is 0 Å². The van der Waals surface area contributed by atoms with Crippen LogP contribution < -0.4 is 5.32 Å². The number of fused-ring (bicyclic) bond motifs is 1. The lowest BCUT2D eigenvalue weighted by Gasteiger charge is -2.07. The fourth-order valence-electron chi connectivity index (χ4n) is 2.92. The molecule has 1 aliphatic rings. The highest BCUT2D eigenvalue weighted by Crippen LogP contribution is 2.29. The Kier molecular flexibility index (Phi) is 4.71. The summed E-state index contributed by atoms with van der Waals surface area (Å²) in [4.78, 5) is 13.8. The number of nitrogens with one attached hydrogen (secondary N) is 1. The van der Waals surface area contributed by atoms with Crippen molar-refractivity contribution in [2.75, 3.05) is 6.54 Å². The lowest BCUT2D eigenvalue weighted by Crippen LogP contribution is -2.26. The van der Waals surface area contributed by atoms with E-state index in [1.807, 2.05) is 23.6 Å². The second-order valence-electron chi connectivity index (χ2n) is 5.60. The van der Waals surface area contributed by atoms with Crippen molar-refractivity contribution in [1.82, 2.24) is 5.32 Å². The van der Waals surface area contributed by atoms with Gasteiger partial charge in [0.05, 0.1) is 5.56 Å². The predicted octanol–water partition coefficient (Wildman–Crippen LogP) is 3.99. The summed E-state index contributed by atoms with van der Waals surface area (Å²) in [7, 11) is 0. The van der Waals surface area contributed by atoms with Crippen molar-refractivity contribution in [1.29, 1.82) is 0 Å². The number of hydrogen-bond donors (Lipinski definition) is 1. The molecule has 0 bridgehead atoms. The highest BCUT2D eigenvalue weighted by atomic mass is 32.1. The summed E-state index contributed by atoms with van der Waals surface area (Å²) in [5.74, 6) is 0.102. The van der Waals surface area contributed by atoms with Gasteiger partial charge in [-0.1, -0.05) is 36.8 Å². The van der Waals surface area contributed by atoms with E-state index in [1.165, 1.54) is 35.3 Å². The van der Waals surface area contributed by atoms with Crippen LogP contribution in [0.15, 0.2) is 35.7 Å². The van der Waals surface area contributed by atoms with Crippen LogP contribution in [0, 0.1) is 0 Å². The zero-order valence-corrected chi connectivity index (χ0v) is 13.0. The highest BCUT2D eigenvalue weighted by molar-refractivity contribution is 7.10. The minimum atomic E-state index is 0.102. The van der Waals surface area contributed by atoms with Crippen LogP contribution in [0.25, 0.3) is 0 Å². The van der Waals surface area contributed by atoms with Crippen LogP contribution in [-0.4, -0.2) is 12.5 Å². The predicted molar refractivity (Wildman–Crippen MR) is 88.1 cm³/mol. The van der Waals surface area contributed by atoms with E-state index in [-0.39, 0.29) is 5.91 Å². The van der Waals surface area contributed by atoms with Gasteiger partial charge in [0, 0.05) is 16.8 Å². The van der Waals surface area contributed by atoms with Crippen LogP contribution in [0.1, 0.15) is 45.6 Å². The third-order valence-corrected chi connectivity index (χ3v) is 5.19. The molecule has 1 heterocycles. The molecule has 0 aliphatic heterocycles. The number of carbonyl (C=O) groups excluding carboxylic acids is 1. The van der Waals surface area contributed by atoms with E-state index in [1.54, 1.807) is 11.3 Å². The van der Waals surface area contributed by atoms with Gasteiger partial charge >= 0.3 is 0 Å². The summed E-state index contributed by atoms with van der Waals surface area (Å²) in [5, 5.41) is 5.12. The third-order valence-electron chi connectivity index (χ3n) is 4.10. The second kappa shape index (κ2) is 6.90. The van der Waals surface area contributed by atoms with Gasteiger partial charge in [-0.05, 0) is 43.2 Å². The summed E-state index contributed by atoms with van der Waals surface area (Å²) in [6, 6.07) is 10.3. The molecule has 1 aliphatic carbocycles. The van der Waals surface area contributed by atoms with Crippen molar-refractivity contribution in [2.45, 2.75) is 38.5 Å². The maximum absolute atomic E-state index is 12.4. The summed E-state index contributed by atoms with van der Waals surface area (Å²) in [6.07, 6.45) is 6.88. The Morgan fingerprint density at radius 2 is 1.90 bits per heavy atom. The van der Waals surface area contributed by atoms with E-state index in [0.29, 0.717) is 6.54 Å². The molecular weight excluding hydrogens is 278 g/mol. The van der Waals surface area contributed by atoms with Gasteiger partial charge in [0.15, 0.2) is 0 Å². The summed E-state index contributed by atoms with van der Waals surface area (Å²) in [6.45, 7) is 0.702. The topological polar surface area (TPSA) is 29.1 Å². The first-order valence-electron chi connectivity index (χ1n) is 7.76. The van der Waals surface area contributed by atoms with Crippen LogP contribution in [0.3, 0.4) is 0 Å². The molecule has 21 heavy (non-hydrogen) atoms. The largest absolute Gasteiger partial charge is 0.352 e. The Bertz CT molecular complexity index is 603. The Balaban J connectivity index is 1.60. The van der Waals surface area contributed by atoms with E-state index < -0.39 is 0 Å². The Morgan fingerprint density at radius 1 is 1.10 bits per heavy atom. The van der Waals surface area contributed by atoms with E-state index in [4.69, 9.17) is 0 Å². The normalized spacial score (nSPS) is 14.3. The molecule has 2 nitrogen and oxygen atoms in total. The molecule has 1 N–H and O–H groups in total. The number of aryl methyl sites for hydroxylation is 1. The zero-order chi connectivity index (χ0) is 14.5. The van der Waals surface area contributed by atoms with Crippen LogP contribution >= 0.6 is 11.3 Å². The molecule has 0 fully saturated rings. The van der Waals surface area contributed by atoms with Crippen molar-refractivity contribution in [3.05, 3.63) is 57.3 Å². The standard InChI is InChI=1S/C18H21NOS/c20-18(19-12-11-14-7-3-1-4-8-14)16-13-21-17-10-6-2-5-9-15(16)17/h1,3-4,7-8,13H,2,5-6,9-12H2,(H,19,20). The molecule has 0 saturated carbocycles. The van der Waals surface area contributed by atoms with Gasteiger partial charge in [-0.25, -0.2) is 0 Å². The van der Waals surface area contributed by atoms with Gasteiger partial charge in [-0.15, -0.1) is 11.3 Å². The number of hydrogen-bond acceptors (Lipinski definition) is 2. The third kappa shape index (κ3) is 3.53. The zero-order valence-electron chi connectivity index (χ0n) is 12.2. The van der Waals surface area contributed by atoms with Gasteiger partial charge in [0.1, 0.15) is 0 Å². The first-order chi connectivity index (χ1) is 10.3. The van der Waals surface area contributed by atoms with Gasteiger partial charge in [-0.2, -0.15) is 0 Å². The maximum atomic E-state index is 12.4. The molecule has 110 valence electrons. The first kappa shape index (κ1) is 14.3. The number of thiophene rings is 1. The van der Waals surface area contributed by atoms with E-state index in [9.17, 15) is 4.79 Å². The molecule has 1 aromatic carbocycles. The molecule has 3 heteroatoms. The van der Waals surface area contributed by atoms with Crippen molar-refractivity contribution in [3.8, 4) is 0 Å². The SMILES string of the molecule is O=C(NCCc1ccccc1)c1csc2c1CCCCC2. The van der Waals surface area contributed by atoms with Crippen molar-refractivity contribution in [2.24, 2.45) is 0 Å². The van der Waals surface area contributed by atoms with Crippen LogP contribution in [0.5, 0.6) is 0 Å². The fourth-order valence-corrected chi connectivity index (χ4v) is 4.05. The quantitative estimate of drug-likeness (QED) is 0.850. The molecule has 2 aromatic rings. The number of amides is 1. The van der Waals surface area contributed by atoms with Gasteiger partial charge in [0.25, 0.3) is 5.91 Å². The molecule has 0 saturated heterocycles. The molecule has 0 spiro atoms. The van der Waals surface area contributed by atoms with Crippen molar-refractivity contribution in [3.63, 3.8) is 0 Å². The fraction of sp³-hybridized carbons (Fsp3) is 0.389. The number of benzene rings is 1. The molecule has 1 aromatic heterocycles. The first-order valence-corrected chi connectivity index (χ1v) is 8.64. The monoisotopic (exact) mass is 299 g/mol. The van der Waals surface area contributed by atoms with Crippen molar-refractivity contribution >= 4 is 17.2 Å². The average molecular weight is 299 g/mol. The maximum Gasteiger partial charge on any atom is 0.252 e. The van der Waals surface area contributed by atoms with Crippen molar-refractivity contribution < 1.29 is 4.79 Å². The lowest BCUT2D eigenvalue weighted by atomic mass is 10.1. The summed E-state index contributed by atoms with van der Waals surface area (Å²) in [5.41, 5.74) is 3.50. The number of rotatable bonds is 4. The second-order valence-corrected chi connectivity index (χ2v) is 6.57. The van der Waals surface area contributed by atoms with E-state index in [0.717, 1.165) is 24.8 Å². The molecular formula is C18H21NOS. The Morgan fingerprint density at radius 3 is 2.76 bits per heavy atom. The van der Waals surface area contributed by atoms with Crippen LogP contribution in [0.4, 0.5) is 0 Å². The smallest absolute Gasteiger partial charge is 0.252 e. The highest BCUT2D eigenvalue weighted by Gasteiger charge is 2.18. The van der Waals surface area contributed by atoms with Gasteiger partial charge in [-0.3, -0.25) is 4.79 Å². The molecule has 1 amide bonds. The Hall–Kier alpha value is -1.61. The minimum Gasteiger partial charge on any atom is -0.352 e.